The van der Waals surface area contributed by atoms with Crippen LogP contribution in [0.5, 0.6) is 0 Å². The van der Waals surface area contributed by atoms with E-state index in [0.717, 1.165) is 5.88 Å². The molecule has 0 aliphatic carbocycles. The highest BCUT2D eigenvalue weighted by molar-refractivity contribution is 6.17. The quantitative estimate of drug-likeness (QED) is 0.0625. The van der Waals surface area contributed by atoms with E-state index in [1.54, 1.807) is 0 Å². The lowest BCUT2D eigenvalue weighted by molar-refractivity contribution is 0.515. The van der Waals surface area contributed by atoms with Crippen LogP contribution in [-0.2, 0) is 0 Å². The summed E-state index contributed by atoms with van der Waals surface area (Å²) in [4.78, 5) is 0. The molecule has 0 rings (SSSR count). The Morgan fingerprint density at radius 1 is 0.323 bits per heavy atom. The fourth-order valence-corrected chi connectivity index (χ4v) is 4.81. The molecule has 0 nitrogen and oxygen atoms in total. The number of hydrogen-bond donors (Lipinski definition) is 0. The maximum Gasteiger partial charge on any atom is 0.0223 e. The third kappa shape index (κ3) is 30.0. The molecular weight excluding hydrogens is 396 g/mol. The molecule has 0 saturated heterocycles. The van der Waals surface area contributed by atoms with E-state index in [4.69, 9.17) is 11.6 Å². The molecule has 0 amide bonds. The zero-order valence-electron chi connectivity index (χ0n) is 21.5. The Kier molecular flexibility index (Phi) is 30.1. The fraction of sp³-hybridized carbons (Fsp3) is 0.933. The molecule has 0 atom stereocenters. The number of alkyl halides is 1. The van der Waals surface area contributed by atoms with Crippen molar-refractivity contribution in [2.75, 3.05) is 5.88 Å². The number of halogens is 1. The van der Waals surface area contributed by atoms with Crippen molar-refractivity contribution in [2.45, 2.75) is 173 Å². The molecule has 0 fully saturated rings. The number of allylic oxidation sites excluding steroid dienone is 1. The molecule has 0 unspecified atom stereocenters. The Bertz CT molecular complexity index is 312. The van der Waals surface area contributed by atoms with Crippen LogP contribution in [0.1, 0.15) is 173 Å². The van der Waals surface area contributed by atoms with E-state index in [9.17, 15) is 0 Å². The molecule has 1 heteroatoms. The van der Waals surface area contributed by atoms with Gasteiger partial charge in [0, 0.05) is 5.88 Å². The topological polar surface area (TPSA) is 0 Å². The van der Waals surface area contributed by atoms with Crippen molar-refractivity contribution < 1.29 is 0 Å². The van der Waals surface area contributed by atoms with Crippen LogP contribution in [0.3, 0.4) is 0 Å². The van der Waals surface area contributed by atoms with Gasteiger partial charge in [0.25, 0.3) is 0 Å². The summed E-state index contributed by atoms with van der Waals surface area (Å²) in [6.45, 7) is 3.79. The first-order valence-electron chi connectivity index (χ1n) is 14.6. The molecule has 0 bridgehead atoms. The predicted octanol–water partition coefficient (Wildman–Crippen LogP) is 11.9. The molecule has 0 N–H and O–H groups in total. The van der Waals surface area contributed by atoms with Crippen LogP contribution in [0.15, 0.2) is 12.7 Å². The molecule has 0 radical (unpaired) electrons. The van der Waals surface area contributed by atoms with E-state index in [2.05, 4.69) is 12.7 Å². The van der Waals surface area contributed by atoms with Gasteiger partial charge in [0.05, 0.1) is 0 Å². The smallest absolute Gasteiger partial charge is 0.0223 e. The molecule has 0 saturated carbocycles. The van der Waals surface area contributed by atoms with Crippen LogP contribution in [0.4, 0.5) is 0 Å². The number of rotatable bonds is 28. The van der Waals surface area contributed by atoms with Crippen molar-refractivity contribution in [1.29, 1.82) is 0 Å². The van der Waals surface area contributed by atoms with Crippen molar-refractivity contribution in [3.63, 3.8) is 0 Å². The monoisotopic (exact) mass is 454 g/mol. The molecule has 0 aliphatic heterocycles. The van der Waals surface area contributed by atoms with Crippen molar-refractivity contribution in [1.82, 2.24) is 0 Å². The van der Waals surface area contributed by atoms with Gasteiger partial charge < -0.3 is 0 Å². The highest BCUT2D eigenvalue weighted by Crippen LogP contribution is 2.16. The lowest BCUT2D eigenvalue weighted by atomic mass is 10.0. The highest BCUT2D eigenvalue weighted by atomic mass is 35.5. The maximum absolute atomic E-state index is 5.71. The standard InChI is InChI=1S/C30H59Cl/c1-2-3-4-5-6-7-8-9-10-11-12-13-14-15-16-17-18-19-20-21-22-23-24-25-26-27-28-29-30-31/h2H,1,3-30H2. The highest BCUT2D eigenvalue weighted by Gasteiger charge is 1.96. The molecular formula is C30H59Cl. The molecule has 31 heavy (non-hydrogen) atoms. The van der Waals surface area contributed by atoms with Gasteiger partial charge in [0.1, 0.15) is 0 Å². The summed E-state index contributed by atoms with van der Waals surface area (Å²) < 4.78 is 0. The van der Waals surface area contributed by atoms with Crippen molar-refractivity contribution in [2.24, 2.45) is 0 Å². The second-order valence-electron chi connectivity index (χ2n) is 9.96. The summed E-state index contributed by atoms with van der Waals surface area (Å²) in [5.74, 6) is 0.845. The summed E-state index contributed by atoms with van der Waals surface area (Å²) in [6.07, 6.45) is 40.8. The van der Waals surface area contributed by atoms with E-state index < -0.39 is 0 Å². The Hall–Kier alpha value is 0.0300. The van der Waals surface area contributed by atoms with Crippen molar-refractivity contribution in [3.05, 3.63) is 12.7 Å². The Morgan fingerprint density at radius 3 is 0.710 bits per heavy atom. The van der Waals surface area contributed by atoms with Crippen LogP contribution >= 0.6 is 11.6 Å². The van der Waals surface area contributed by atoms with E-state index in [0.29, 0.717) is 0 Å². The minimum atomic E-state index is 0.845. The average Bonchev–Trinajstić information content (AvgIpc) is 2.78. The van der Waals surface area contributed by atoms with E-state index in [1.165, 1.54) is 173 Å². The van der Waals surface area contributed by atoms with E-state index >= 15 is 0 Å². The van der Waals surface area contributed by atoms with Gasteiger partial charge in [-0.1, -0.05) is 160 Å². The Morgan fingerprint density at radius 2 is 0.516 bits per heavy atom. The first-order valence-corrected chi connectivity index (χ1v) is 15.1. The average molecular weight is 455 g/mol. The molecule has 0 aromatic heterocycles. The second kappa shape index (κ2) is 30.0. The molecule has 0 spiro atoms. The zero-order chi connectivity index (χ0) is 22.5. The first kappa shape index (κ1) is 31.0. The van der Waals surface area contributed by atoms with Gasteiger partial charge in [0.2, 0.25) is 0 Å². The lowest BCUT2D eigenvalue weighted by Crippen LogP contribution is -1.85. The van der Waals surface area contributed by atoms with Gasteiger partial charge in [0.15, 0.2) is 0 Å². The third-order valence-electron chi connectivity index (χ3n) is 6.79. The predicted molar refractivity (Wildman–Crippen MR) is 146 cm³/mol. The van der Waals surface area contributed by atoms with Crippen LogP contribution in [-0.4, -0.2) is 5.88 Å². The lowest BCUT2D eigenvalue weighted by Gasteiger charge is -2.04. The molecule has 0 aliphatic rings. The third-order valence-corrected chi connectivity index (χ3v) is 7.06. The molecule has 0 heterocycles. The van der Waals surface area contributed by atoms with Gasteiger partial charge in [-0.05, 0) is 19.3 Å². The van der Waals surface area contributed by atoms with Crippen LogP contribution in [0.25, 0.3) is 0 Å². The number of hydrogen-bond acceptors (Lipinski definition) is 0. The summed E-state index contributed by atoms with van der Waals surface area (Å²) >= 11 is 5.71. The second-order valence-corrected chi connectivity index (χ2v) is 10.3. The summed E-state index contributed by atoms with van der Waals surface area (Å²) in [6, 6.07) is 0. The number of unbranched alkanes of at least 4 members (excludes halogenated alkanes) is 26. The van der Waals surface area contributed by atoms with Crippen LogP contribution < -0.4 is 0 Å². The minimum Gasteiger partial charge on any atom is -0.127 e. The minimum absolute atomic E-state index is 0.845. The van der Waals surface area contributed by atoms with E-state index in [1.807, 2.05) is 0 Å². The first-order chi connectivity index (χ1) is 15.4. The molecule has 0 aromatic rings. The zero-order valence-corrected chi connectivity index (χ0v) is 22.2. The Labute approximate surface area is 203 Å². The van der Waals surface area contributed by atoms with Gasteiger partial charge in [-0.3, -0.25) is 0 Å². The van der Waals surface area contributed by atoms with Gasteiger partial charge in [-0.15, -0.1) is 18.2 Å². The van der Waals surface area contributed by atoms with E-state index in [-0.39, 0.29) is 0 Å². The molecule has 0 aromatic carbocycles. The normalized spacial score (nSPS) is 11.3. The summed E-state index contributed by atoms with van der Waals surface area (Å²) in [5.41, 5.74) is 0. The van der Waals surface area contributed by atoms with Gasteiger partial charge in [-0.2, -0.15) is 0 Å². The largest absolute Gasteiger partial charge is 0.127 e. The van der Waals surface area contributed by atoms with Crippen molar-refractivity contribution >= 4 is 11.6 Å². The maximum atomic E-state index is 5.71. The summed E-state index contributed by atoms with van der Waals surface area (Å²) in [7, 11) is 0. The molecule has 186 valence electrons. The van der Waals surface area contributed by atoms with Gasteiger partial charge in [-0.25, -0.2) is 0 Å². The van der Waals surface area contributed by atoms with Gasteiger partial charge >= 0.3 is 0 Å². The summed E-state index contributed by atoms with van der Waals surface area (Å²) in [5, 5.41) is 0. The fourth-order valence-electron chi connectivity index (χ4n) is 4.63. The van der Waals surface area contributed by atoms with Crippen molar-refractivity contribution in [3.8, 4) is 0 Å². The Balaban J connectivity index is 2.98. The van der Waals surface area contributed by atoms with Crippen LogP contribution in [0, 0.1) is 0 Å². The van der Waals surface area contributed by atoms with Crippen LogP contribution in [0.2, 0.25) is 0 Å². The SMILES string of the molecule is C=CCCCCCCCCCCCCCCCCCCCCCCCCCCCCCl.